The first-order valence-corrected chi connectivity index (χ1v) is 5.73. The number of hydrogen-bond donors (Lipinski definition) is 2. The van der Waals surface area contributed by atoms with E-state index in [1.165, 1.54) is 0 Å². The summed E-state index contributed by atoms with van der Waals surface area (Å²) in [5.41, 5.74) is 4.48. The molecule has 1 aromatic heterocycles. The van der Waals surface area contributed by atoms with E-state index in [0.29, 0.717) is 18.0 Å². The van der Waals surface area contributed by atoms with Gasteiger partial charge in [-0.3, -0.25) is 4.79 Å². The highest BCUT2D eigenvalue weighted by molar-refractivity contribution is 6.31. The molecule has 1 heterocycles. The van der Waals surface area contributed by atoms with Crippen LogP contribution in [0.1, 0.15) is 5.56 Å². The van der Waals surface area contributed by atoms with Crippen LogP contribution in [0.15, 0.2) is 24.4 Å². The Morgan fingerprint density at radius 2 is 2.33 bits per heavy atom. The number of aldehydes is 1. The lowest BCUT2D eigenvalue weighted by Crippen LogP contribution is -2.22. The average molecular weight is 267 g/mol. The van der Waals surface area contributed by atoms with Crippen molar-refractivity contribution in [2.24, 2.45) is 0 Å². The highest BCUT2D eigenvalue weighted by Gasteiger charge is 2.05. The van der Waals surface area contributed by atoms with Crippen molar-refractivity contribution in [1.82, 2.24) is 10.5 Å². The van der Waals surface area contributed by atoms with Gasteiger partial charge in [-0.05, 0) is 30.2 Å². The van der Waals surface area contributed by atoms with Crippen molar-refractivity contribution in [3.63, 3.8) is 0 Å². The largest absolute Gasteiger partial charge is 0.389 e. The fourth-order valence-electron chi connectivity index (χ4n) is 1.69. The third-order valence-corrected chi connectivity index (χ3v) is 2.73. The second kappa shape index (κ2) is 5.66. The van der Waals surface area contributed by atoms with Crippen molar-refractivity contribution in [2.75, 3.05) is 6.54 Å². The SMILES string of the molecule is O=CC(=O)ONCCc1c[nH]c2ccc(Cl)cc12. The lowest BCUT2D eigenvalue weighted by atomic mass is 10.1. The maximum absolute atomic E-state index is 10.6. The molecule has 94 valence electrons. The van der Waals surface area contributed by atoms with Crippen molar-refractivity contribution in [1.29, 1.82) is 0 Å². The van der Waals surface area contributed by atoms with Gasteiger partial charge in [-0.25, -0.2) is 4.79 Å². The lowest BCUT2D eigenvalue weighted by molar-refractivity contribution is -0.154. The molecule has 0 saturated heterocycles. The van der Waals surface area contributed by atoms with Crippen LogP contribution in [0.2, 0.25) is 5.02 Å². The quantitative estimate of drug-likeness (QED) is 0.373. The fourth-order valence-corrected chi connectivity index (χ4v) is 1.86. The van der Waals surface area contributed by atoms with Gasteiger partial charge in [0, 0.05) is 28.7 Å². The molecule has 0 atom stereocenters. The topological polar surface area (TPSA) is 71.2 Å². The number of hydroxylamine groups is 1. The third kappa shape index (κ3) is 2.88. The first kappa shape index (κ1) is 12.6. The summed E-state index contributed by atoms with van der Waals surface area (Å²) >= 11 is 5.93. The van der Waals surface area contributed by atoms with Crippen molar-refractivity contribution >= 4 is 34.8 Å². The summed E-state index contributed by atoms with van der Waals surface area (Å²) in [5.74, 6) is -0.933. The number of rotatable bonds is 5. The summed E-state index contributed by atoms with van der Waals surface area (Å²) in [6, 6.07) is 5.59. The van der Waals surface area contributed by atoms with Crippen LogP contribution in [0.25, 0.3) is 10.9 Å². The Bertz CT molecular complexity index is 580. The van der Waals surface area contributed by atoms with Crippen LogP contribution in [0.4, 0.5) is 0 Å². The Balaban J connectivity index is 1.97. The molecule has 2 aromatic rings. The Kier molecular flexibility index (Phi) is 3.96. The van der Waals surface area contributed by atoms with Crippen molar-refractivity contribution in [2.45, 2.75) is 6.42 Å². The fraction of sp³-hybridized carbons (Fsp3) is 0.167. The van der Waals surface area contributed by atoms with Crippen LogP contribution in [-0.2, 0) is 20.8 Å². The maximum Gasteiger partial charge on any atom is 0.389 e. The highest BCUT2D eigenvalue weighted by atomic mass is 35.5. The molecule has 0 saturated carbocycles. The van der Waals surface area contributed by atoms with E-state index in [0.717, 1.165) is 16.5 Å². The summed E-state index contributed by atoms with van der Waals surface area (Å²) in [7, 11) is 0. The summed E-state index contributed by atoms with van der Waals surface area (Å²) in [6.45, 7) is 0.416. The smallest absolute Gasteiger partial charge is 0.365 e. The Morgan fingerprint density at radius 3 is 3.11 bits per heavy atom. The van der Waals surface area contributed by atoms with Gasteiger partial charge in [0.05, 0.1) is 0 Å². The molecule has 0 fully saturated rings. The van der Waals surface area contributed by atoms with Crippen LogP contribution in [0.3, 0.4) is 0 Å². The minimum atomic E-state index is -0.933. The van der Waals surface area contributed by atoms with Crippen molar-refractivity contribution < 1.29 is 14.4 Å². The second-order valence-corrected chi connectivity index (χ2v) is 4.12. The van der Waals surface area contributed by atoms with Crippen LogP contribution >= 0.6 is 11.6 Å². The molecule has 6 heteroatoms. The number of hydrogen-bond acceptors (Lipinski definition) is 4. The molecule has 18 heavy (non-hydrogen) atoms. The van der Waals surface area contributed by atoms with E-state index in [4.69, 9.17) is 11.6 Å². The normalized spacial score (nSPS) is 10.5. The van der Waals surface area contributed by atoms with E-state index in [1.807, 2.05) is 24.4 Å². The lowest BCUT2D eigenvalue weighted by Gasteiger charge is -2.02. The predicted octanol–water partition coefficient (Wildman–Crippen LogP) is 1.61. The molecule has 0 spiro atoms. The zero-order valence-corrected chi connectivity index (χ0v) is 10.2. The molecule has 0 aliphatic carbocycles. The molecule has 0 unspecified atom stereocenters. The number of fused-ring (bicyclic) bond motifs is 1. The van der Waals surface area contributed by atoms with Gasteiger partial charge in [0.2, 0.25) is 6.29 Å². The highest BCUT2D eigenvalue weighted by Crippen LogP contribution is 2.22. The first-order chi connectivity index (χ1) is 8.70. The van der Waals surface area contributed by atoms with E-state index in [1.54, 1.807) is 0 Å². The summed E-state index contributed by atoms with van der Waals surface area (Å²) in [4.78, 5) is 28.1. The number of benzene rings is 1. The van der Waals surface area contributed by atoms with Crippen LogP contribution in [0.5, 0.6) is 0 Å². The predicted molar refractivity (Wildman–Crippen MR) is 67.2 cm³/mol. The molecule has 0 aliphatic rings. The van der Waals surface area contributed by atoms with E-state index in [2.05, 4.69) is 15.3 Å². The van der Waals surface area contributed by atoms with Crippen LogP contribution in [-0.4, -0.2) is 23.8 Å². The van der Waals surface area contributed by atoms with Gasteiger partial charge in [0.25, 0.3) is 0 Å². The van der Waals surface area contributed by atoms with Gasteiger partial charge in [0.15, 0.2) is 0 Å². The Hall–Kier alpha value is -1.85. The van der Waals surface area contributed by atoms with Crippen molar-refractivity contribution in [3.05, 3.63) is 35.0 Å². The van der Waals surface area contributed by atoms with Gasteiger partial charge < -0.3 is 9.82 Å². The minimum Gasteiger partial charge on any atom is -0.365 e. The third-order valence-electron chi connectivity index (χ3n) is 2.49. The number of carbonyl (C=O) groups is 2. The molecule has 0 radical (unpaired) electrons. The monoisotopic (exact) mass is 266 g/mol. The summed E-state index contributed by atoms with van der Waals surface area (Å²) in [6.07, 6.45) is 2.63. The molecule has 0 bridgehead atoms. The summed E-state index contributed by atoms with van der Waals surface area (Å²) < 4.78 is 0. The van der Waals surface area contributed by atoms with E-state index in [9.17, 15) is 9.59 Å². The number of aromatic amines is 1. The van der Waals surface area contributed by atoms with Crippen molar-refractivity contribution in [3.8, 4) is 0 Å². The molecule has 2 rings (SSSR count). The van der Waals surface area contributed by atoms with E-state index in [-0.39, 0.29) is 6.29 Å². The molecular formula is C12H11ClN2O3. The average Bonchev–Trinajstić information content (AvgIpc) is 2.77. The molecule has 0 amide bonds. The number of halogens is 1. The zero-order chi connectivity index (χ0) is 13.0. The molecular weight excluding hydrogens is 256 g/mol. The Labute approximate surface area is 108 Å². The summed E-state index contributed by atoms with van der Waals surface area (Å²) in [5, 5.41) is 1.70. The standard InChI is InChI=1S/C12H11ClN2O3/c13-9-1-2-11-10(5-9)8(6-14-11)3-4-15-18-12(17)7-16/h1-2,5-7,14-15H,3-4H2. The zero-order valence-electron chi connectivity index (χ0n) is 9.40. The maximum atomic E-state index is 10.6. The number of carbonyl (C=O) groups excluding carboxylic acids is 2. The molecule has 5 nitrogen and oxygen atoms in total. The molecule has 1 aromatic carbocycles. The second-order valence-electron chi connectivity index (χ2n) is 3.69. The minimum absolute atomic E-state index is 0.110. The number of nitrogens with one attached hydrogen (secondary N) is 2. The number of H-pyrrole nitrogens is 1. The van der Waals surface area contributed by atoms with Crippen LogP contribution < -0.4 is 5.48 Å². The van der Waals surface area contributed by atoms with E-state index < -0.39 is 5.97 Å². The molecule has 2 N–H and O–H groups in total. The van der Waals surface area contributed by atoms with Crippen LogP contribution in [0, 0.1) is 0 Å². The van der Waals surface area contributed by atoms with Gasteiger partial charge in [-0.15, -0.1) is 0 Å². The number of aromatic nitrogens is 1. The Morgan fingerprint density at radius 1 is 1.50 bits per heavy atom. The van der Waals surface area contributed by atoms with Gasteiger partial charge in [0.1, 0.15) is 0 Å². The van der Waals surface area contributed by atoms with Gasteiger partial charge in [-0.2, -0.15) is 5.48 Å². The van der Waals surface area contributed by atoms with Gasteiger partial charge >= 0.3 is 5.97 Å². The van der Waals surface area contributed by atoms with Gasteiger partial charge in [-0.1, -0.05) is 11.6 Å². The molecule has 0 aliphatic heterocycles. The first-order valence-electron chi connectivity index (χ1n) is 5.35. The van der Waals surface area contributed by atoms with E-state index >= 15 is 0 Å².